The van der Waals surface area contributed by atoms with Gasteiger partial charge in [-0.2, -0.15) is 0 Å². The first-order valence-corrected chi connectivity index (χ1v) is 42.2. The summed E-state index contributed by atoms with van der Waals surface area (Å²) in [5.41, 5.74) is -1.54. The summed E-state index contributed by atoms with van der Waals surface area (Å²) < 4.78 is 50.9. The van der Waals surface area contributed by atoms with Crippen LogP contribution in [0.1, 0.15) is 155 Å². The van der Waals surface area contributed by atoms with Crippen molar-refractivity contribution in [1.82, 2.24) is 5.32 Å². The molecule has 16 heteroatoms. The number of nitrogens with one attached hydrogen (secondary N) is 1. The topological polar surface area (TPSA) is 145 Å². The summed E-state index contributed by atoms with van der Waals surface area (Å²) in [5.74, 6) is -2.26. The average Bonchev–Trinajstić information content (AvgIpc) is 3.25. The van der Waals surface area contributed by atoms with E-state index in [0.717, 1.165) is 15.2 Å². The van der Waals surface area contributed by atoms with Crippen molar-refractivity contribution in [3.63, 3.8) is 0 Å². The van der Waals surface area contributed by atoms with E-state index in [9.17, 15) is 19.2 Å². The summed E-state index contributed by atoms with van der Waals surface area (Å²) in [7, 11) is -2.70. The Labute approximate surface area is 459 Å². The van der Waals surface area contributed by atoms with E-state index in [-0.39, 0.29) is 23.9 Å². The summed E-state index contributed by atoms with van der Waals surface area (Å²) in [6.07, 6.45) is 14.8. The summed E-state index contributed by atoms with van der Waals surface area (Å²) in [6, 6.07) is -0.0585. The second-order valence-corrected chi connectivity index (χ2v) is 49.0. The van der Waals surface area contributed by atoms with Gasteiger partial charge >= 0.3 is 230 Å². The third-order valence-electron chi connectivity index (χ3n) is 13.7. The Morgan fingerprint density at radius 3 is 1.76 bits per heavy atom. The van der Waals surface area contributed by atoms with Crippen molar-refractivity contribution in [2.24, 2.45) is 11.3 Å². The van der Waals surface area contributed by atoms with Crippen LogP contribution in [0.2, 0.25) is 57.1 Å². The van der Waals surface area contributed by atoms with Crippen molar-refractivity contribution in [3.05, 3.63) is 43.6 Å². The second-order valence-electron chi connectivity index (χ2n) is 24.0. The molecule has 0 radical (unpaired) electrons. The van der Waals surface area contributed by atoms with Crippen LogP contribution in [0, 0.1) is 11.3 Å². The number of ether oxygens (including phenoxy) is 6. The molecule has 0 spiro atoms. The number of esters is 3. The monoisotopic (exact) mass is 1270 g/mol. The van der Waals surface area contributed by atoms with Gasteiger partial charge in [0.1, 0.15) is 17.1 Å². The number of amides is 1. The predicted molar refractivity (Wildman–Crippen MR) is 313 cm³/mol. The standard InChI is InChI=1S/C44H77INO11Si2.3C4H9.Sn/c1-20-35(54-33(5)47)23-21-30(2)22-24-36(53-29-52-25-26-58(15,16)17)28-37(57-59(18,19)43(10,11)12)32(4)39(55-34(6)48)44(13,40(49)51-14)38(27-31(3)45)46-41(50)56-42(7,8)9;3*1-3-4-2;/h1,20-22,24,27,32,35-39H,23,25-26,28-29H2,2-19H3,(H,46,50);3*1,3-4H2,2H3;/b20-1?,24-22+,30-21+,31-27+;;;;/t32-,35-,36-,37-,38-,39+,44+;;;;/m1..../s1. The quantitative estimate of drug-likeness (QED) is 0.0125. The maximum absolute atomic E-state index is 14.4. The van der Waals surface area contributed by atoms with Gasteiger partial charge in [0.15, 0.2) is 8.32 Å². The molecule has 0 bridgehead atoms. The molecule has 0 saturated heterocycles. The Morgan fingerprint density at radius 2 is 1.32 bits per heavy atom. The Hall–Kier alpha value is -1.52. The fraction of sp³-hybridized carbons (Fsp3) is 0.786. The van der Waals surface area contributed by atoms with Crippen LogP contribution in [0.5, 0.6) is 0 Å². The van der Waals surface area contributed by atoms with Gasteiger partial charge in [-0.05, 0) is 85.0 Å². The first kappa shape index (κ1) is 70.5. The summed E-state index contributed by atoms with van der Waals surface area (Å²) >= 11 is -0.528. The van der Waals surface area contributed by atoms with Crippen molar-refractivity contribution < 1.29 is 52.0 Å². The van der Waals surface area contributed by atoms with Gasteiger partial charge in [-0.3, -0.25) is 9.59 Å². The molecule has 418 valence electrons. The molecule has 0 aliphatic carbocycles. The molecule has 7 atom stereocenters. The predicted octanol–water partition coefficient (Wildman–Crippen LogP) is 15.2. The summed E-state index contributed by atoms with van der Waals surface area (Å²) in [5, 5.41) is 2.70. The molecule has 12 nitrogen and oxygen atoms in total. The number of alkyl carbamates (subject to hydrolysis) is 1. The van der Waals surface area contributed by atoms with Crippen LogP contribution in [-0.2, 0) is 47.2 Å². The van der Waals surface area contributed by atoms with Crippen LogP contribution in [0.3, 0.4) is 0 Å². The molecular formula is C56H104INO11Si2Sn. The van der Waals surface area contributed by atoms with Crippen LogP contribution in [0.25, 0.3) is 0 Å². The van der Waals surface area contributed by atoms with Gasteiger partial charge in [0, 0.05) is 21.6 Å². The number of carbonyl (C=O) groups is 4. The number of carbonyl (C=O) groups excluding carboxylic acids is 4. The molecule has 1 amide bonds. The van der Waals surface area contributed by atoms with Gasteiger partial charge in [0.2, 0.25) is 0 Å². The van der Waals surface area contributed by atoms with Gasteiger partial charge in [0.05, 0.1) is 13.2 Å². The van der Waals surface area contributed by atoms with Crippen LogP contribution in [-0.4, -0.2) is 115 Å². The second kappa shape index (κ2) is 33.6. The molecular weight excluding hydrogens is 1160 g/mol. The molecule has 0 aromatic carbocycles. The van der Waals surface area contributed by atoms with E-state index in [1.54, 1.807) is 33.8 Å². The van der Waals surface area contributed by atoms with Gasteiger partial charge in [-0.25, -0.2) is 4.79 Å². The van der Waals surface area contributed by atoms with Crippen molar-refractivity contribution in [1.29, 1.82) is 0 Å². The minimum absolute atomic E-state index is 0.0410. The van der Waals surface area contributed by atoms with Gasteiger partial charge in [-0.1, -0.05) is 53.4 Å². The number of methoxy groups -OCH3 is 1. The molecule has 0 fully saturated rings. The van der Waals surface area contributed by atoms with E-state index in [0.29, 0.717) is 19.4 Å². The molecule has 0 aliphatic heterocycles. The normalized spacial score (nSPS) is 16.9. The van der Waals surface area contributed by atoms with E-state index in [1.165, 1.54) is 72.8 Å². The van der Waals surface area contributed by atoms with Gasteiger partial charge < -0.3 is 19.5 Å². The van der Waals surface area contributed by atoms with Gasteiger partial charge in [0.25, 0.3) is 0 Å². The van der Waals surface area contributed by atoms with Crippen molar-refractivity contribution >= 4 is 81.4 Å². The van der Waals surface area contributed by atoms with E-state index < -0.39 is 94.1 Å². The molecule has 0 aromatic heterocycles. The van der Waals surface area contributed by atoms with Gasteiger partial charge in [-0.15, -0.1) is 0 Å². The first-order chi connectivity index (χ1) is 33.1. The summed E-state index contributed by atoms with van der Waals surface area (Å²) in [6.45, 7) is 40.7. The molecule has 0 aromatic rings. The number of hydrogen-bond acceptors (Lipinski definition) is 11. The minimum atomic E-state index is -2.66. The zero-order valence-electron chi connectivity index (χ0n) is 49.2. The van der Waals surface area contributed by atoms with E-state index in [1.807, 2.05) is 32.9 Å². The Morgan fingerprint density at radius 1 is 0.778 bits per heavy atom. The van der Waals surface area contributed by atoms with Crippen LogP contribution >= 0.6 is 22.6 Å². The average molecular weight is 1270 g/mol. The SMILES string of the molecule is CCC[CH2][Sn](/[CH]=C/[C@H](C/C=C(C)/C=C/[C@H](C[C@@H](O[Si](C)(C)C(C)(C)C)[C@@H](C)[C@H](OC(C)=O)[C@@](C)(C(=O)OC)[C@@H](/C=C(\C)I)NC(=O)OC(C)(C)C)OCOCC[Si](C)(C)C)OC(C)=O)([CH2]CCC)[CH2]CCC. The number of rotatable bonds is 34. The maximum atomic E-state index is 14.4. The first-order valence-electron chi connectivity index (χ1n) is 26.8. The van der Waals surface area contributed by atoms with E-state index in [2.05, 4.69) is 118 Å². The zero-order valence-corrected chi connectivity index (χ0v) is 56.2. The van der Waals surface area contributed by atoms with Crippen LogP contribution in [0.15, 0.2) is 43.6 Å². The zero-order chi connectivity index (χ0) is 55.7. The third kappa shape index (κ3) is 28.0. The Bertz CT molecular complexity index is 1740. The number of halogens is 1. The van der Waals surface area contributed by atoms with E-state index >= 15 is 0 Å². The molecule has 1 N–H and O–H groups in total. The Kier molecular flexibility index (Phi) is 32.9. The molecule has 0 aliphatic rings. The molecule has 0 saturated carbocycles. The molecule has 0 unspecified atom stereocenters. The number of unbranched alkanes of at least 4 members (excludes halogenated alkanes) is 3. The fourth-order valence-corrected chi connectivity index (χ4v) is 25.2. The van der Waals surface area contributed by atoms with Crippen molar-refractivity contribution in [2.75, 3.05) is 20.5 Å². The molecule has 0 rings (SSSR count). The van der Waals surface area contributed by atoms with E-state index in [4.69, 9.17) is 32.8 Å². The molecule has 72 heavy (non-hydrogen) atoms. The Balaban J connectivity index is 7.82. The van der Waals surface area contributed by atoms with Crippen molar-refractivity contribution in [2.45, 2.75) is 248 Å². The van der Waals surface area contributed by atoms with Crippen LogP contribution in [0.4, 0.5) is 4.79 Å². The molecule has 0 heterocycles. The van der Waals surface area contributed by atoms with Crippen LogP contribution < -0.4 is 5.32 Å². The van der Waals surface area contributed by atoms with Crippen molar-refractivity contribution in [3.8, 4) is 0 Å². The fourth-order valence-electron chi connectivity index (χ4n) is 8.28. The summed E-state index contributed by atoms with van der Waals surface area (Å²) in [4.78, 5) is 53.7. The third-order valence-corrected chi connectivity index (χ3v) is 34.4. The number of hydrogen-bond donors (Lipinski definition) is 1. The number of allylic oxidation sites excluding steroid dienone is 3.